The Balaban J connectivity index is 2.23. The monoisotopic (exact) mass is 275 g/mol. The highest BCUT2D eigenvalue weighted by molar-refractivity contribution is 5.81. The number of nitrogens with one attached hydrogen (secondary N) is 1. The van der Waals surface area contributed by atoms with Crippen molar-refractivity contribution in [2.75, 3.05) is 38.6 Å². The minimum absolute atomic E-state index is 0.185. The van der Waals surface area contributed by atoms with Gasteiger partial charge in [0.15, 0.2) is 0 Å². The lowest BCUT2D eigenvalue weighted by Crippen LogP contribution is -2.38. The lowest BCUT2D eigenvalue weighted by molar-refractivity contribution is -0.128. The van der Waals surface area contributed by atoms with Crippen LogP contribution in [-0.2, 0) is 4.79 Å². The van der Waals surface area contributed by atoms with Crippen LogP contribution in [-0.4, -0.2) is 44.5 Å². The minimum Gasteiger partial charge on any atom is -0.362 e. The number of fused-ring (bicyclic) bond motifs is 1. The molecule has 1 aromatic rings. The van der Waals surface area contributed by atoms with Crippen molar-refractivity contribution in [3.05, 3.63) is 29.8 Å². The first-order chi connectivity index (χ1) is 9.67. The number of amides is 1. The number of carbonyl (C=O) groups is 1. The number of hydrogen-bond acceptors (Lipinski definition) is 3. The van der Waals surface area contributed by atoms with Crippen LogP contribution in [0.3, 0.4) is 0 Å². The molecule has 0 bridgehead atoms. The van der Waals surface area contributed by atoms with Gasteiger partial charge in [-0.05, 0) is 38.4 Å². The summed E-state index contributed by atoms with van der Waals surface area (Å²) in [5, 5.41) is 3.39. The van der Waals surface area contributed by atoms with Gasteiger partial charge in [-0.3, -0.25) is 4.79 Å². The minimum atomic E-state index is 0.185. The zero-order valence-electron chi connectivity index (χ0n) is 12.7. The van der Waals surface area contributed by atoms with Crippen molar-refractivity contribution in [1.29, 1.82) is 0 Å². The summed E-state index contributed by atoms with van der Waals surface area (Å²) < 4.78 is 0. The number of para-hydroxylation sites is 1. The van der Waals surface area contributed by atoms with Crippen molar-refractivity contribution in [3.63, 3.8) is 0 Å². The van der Waals surface area contributed by atoms with Crippen LogP contribution in [0, 0.1) is 0 Å². The van der Waals surface area contributed by atoms with Gasteiger partial charge < -0.3 is 15.1 Å². The largest absolute Gasteiger partial charge is 0.362 e. The van der Waals surface area contributed by atoms with Crippen LogP contribution in [0.2, 0.25) is 0 Å². The highest BCUT2D eigenvalue weighted by atomic mass is 16.2. The Morgan fingerprint density at radius 2 is 2.20 bits per heavy atom. The molecule has 0 aromatic heterocycles. The Kier molecular flexibility index (Phi) is 5.01. The summed E-state index contributed by atoms with van der Waals surface area (Å²) >= 11 is 0. The molecule has 4 heteroatoms. The first kappa shape index (κ1) is 14.9. The molecule has 110 valence electrons. The number of likely N-dealkylation sites (N-methyl/N-ethyl adjacent to an activating group) is 1. The van der Waals surface area contributed by atoms with Gasteiger partial charge in [0.2, 0.25) is 5.91 Å². The molecular weight excluding hydrogens is 250 g/mol. The zero-order valence-corrected chi connectivity index (χ0v) is 12.7. The fourth-order valence-electron chi connectivity index (χ4n) is 2.76. The van der Waals surface area contributed by atoms with Gasteiger partial charge in [0.05, 0.1) is 6.54 Å². The summed E-state index contributed by atoms with van der Waals surface area (Å²) in [4.78, 5) is 16.2. The quantitative estimate of drug-likeness (QED) is 0.913. The topological polar surface area (TPSA) is 35.6 Å². The van der Waals surface area contributed by atoms with Gasteiger partial charge >= 0.3 is 0 Å². The van der Waals surface area contributed by atoms with Crippen LogP contribution in [0.25, 0.3) is 0 Å². The molecule has 1 aliphatic heterocycles. The van der Waals surface area contributed by atoms with Crippen LogP contribution in [0.1, 0.15) is 31.4 Å². The van der Waals surface area contributed by atoms with E-state index in [9.17, 15) is 4.79 Å². The van der Waals surface area contributed by atoms with Gasteiger partial charge in [-0.15, -0.1) is 0 Å². The lowest BCUT2D eigenvalue weighted by Gasteiger charge is -2.27. The van der Waals surface area contributed by atoms with Gasteiger partial charge in [0.25, 0.3) is 0 Å². The molecule has 1 aliphatic rings. The maximum Gasteiger partial charge on any atom is 0.241 e. The second-order valence-electron chi connectivity index (χ2n) is 5.37. The summed E-state index contributed by atoms with van der Waals surface area (Å²) in [5.74, 6) is 0.185. The fourth-order valence-corrected chi connectivity index (χ4v) is 2.76. The van der Waals surface area contributed by atoms with E-state index in [1.54, 1.807) is 4.90 Å². The SMILES string of the molecule is CCN(C)C(=O)CN1CCCC(NC)c2ccccc21. The molecule has 2 rings (SSSR count). The van der Waals surface area contributed by atoms with Crippen molar-refractivity contribution < 1.29 is 4.79 Å². The van der Waals surface area contributed by atoms with E-state index in [4.69, 9.17) is 0 Å². The van der Waals surface area contributed by atoms with E-state index in [-0.39, 0.29) is 5.91 Å². The highest BCUT2D eigenvalue weighted by Crippen LogP contribution is 2.32. The number of carbonyl (C=O) groups excluding carboxylic acids is 1. The Morgan fingerprint density at radius 1 is 1.45 bits per heavy atom. The molecule has 0 saturated carbocycles. The normalized spacial score (nSPS) is 18.4. The zero-order chi connectivity index (χ0) is 14.5. The molecule has 0 fully saturated rings. The molecule has 0 spiro atoms. The molecular formula is C16H25N3O. The van der Waals surface area contributed by atoms with Gasteiger partial charge in [0.1, 0.15) is 0 Å². The van der Waals surface area contributed by atoms with E-state index in [1.807, 2.05) is 21.0 Å². The van der Waals surface area contributed by atoms with E-state index in [0.29, 0.717) is 12.6 Å². The Bertz CT molecular complexity index is 461. The van der Waals surface area contributed by atoms with E-state index in [0.717, 1.165) is 25.9 Å². The number of nitrogens with zero attached hydrogens (tertiary/aromatic N) is 2. The third kappa shape index (κ3) is 3.12. The molecule has 1 heterocycles. The molecule has 0 aliphatic carbocycles. The van der Waals surface area contributed by atoms with Crippen molar-refractivity contribution in [2.45, 2.75) is 25.8 Å². The third-order valence-corrected chi connectivity index (χ3v) is 4.15. The molecule has 1 atom stereocenters. The maximum absolute atomic E-state index is 12.2. The van der Waals surface area contributed by atoms with Crippen LogP contribution in [0.4, 0.5) is 5.69 Å². The second kappa shape index (κ2) is 6.75. The molecule has 1 unspecified atom stereocenters. The summed E-state index contributed by atoms with van der Waals surface area (Å²) in [6.07, 6.45) is 2.21. The molecule has 1 amide bonds. The Labute approximate surface area is 121 Å². The van der Waals surface area contributed by atoms with E-state index in [1.165, 1.54) is 11.3 Å². The van der Waals surface area contributed by atoms with E-state index >= 15 is 0 Å². The highest BCUT2D eigenvalue weighted by Gasteiger charge is 2.23. The summed E-state index contributed by atoms with van der Waals surface area (Å²) in [6.45, 7) is 4.18. The molecule has 0 radical (unpaired) electrons. The van der Waals surface area contributed by atoms with Crippen molar-refractivity contribution in [3.8, 4) is 0 Å². The molecule has 0 saturated heterocycles. The number of benzene rings is 1. The maximum atomic E-state index is 12.2. The molecule has 1 N–H and O–H groups in total. The molecule has 20 heavy (non-hydrogen) atoms. The van der Waals surface area contributed by atoms with Crippen LogP contribution in [0.5, 0.6) is 0 Å². The molecule has 4 nitrogen and oxygen atoms in total. The van der Waals surface area contributed by atoms with Crippen molar-refractivity contribution in [2.24, 2.45) is 0 Å². The van der Waals surface area contributed by atoms with Gasteiger partial charge in [-0.2, -0.15) is 0 Å². The smallest absolute Gasteiger partial charge is 0.241 e. The summed E-state index contributed by atoms with van der Waals surface area (Å²) in [7, 11) is 3.87. The average molecular weight is 275 g/mol. The summed E-state index contributed by atoms with van der Waals surface area (Å²) in [5.41, 5.74) is 2.50. The van der Waals surface area contributed by atoms with Crippen molar-refractivity contribution in [1.82, 2.24) is 10.2 Å². The van der Waals surface area contributed by atoms with Crippen LogP contribution in [0.15, 0.2) is 24.3 Å². The van der Waals surface area contributed by atoms with Gasteiger partial charge in [0, 0.05) is 31.9 Å². The third-order valence-electron chi connectivity index (χ3n) is 4.15. The van der Waals surface area contributed by atoms with E-state index < -0.39 is 0 Å². The Hall–Kier alpha value is -1.55. The predicted octanol–water partition coefficient (Wildman–Crippen LogP) is 2.03. The second-order valence-corrected chi connectivity index (χ2v) is 5.37. The van der Waals surface area contributed by atoms with Crippen LogP contribution < -0.4 is 10.2 Å². The van der Waals surface area contributed by atoms with Crippen molar-refractivity contribution >= 4 is 11.6 Å². The Morgan fingerprint density at radius 3 is 2.90 bits per heavy atom. The predicted molar refractivity (Wildman–Crippen MR) is 83.0 cm³/mol. The summed E-state index contributed by atoms with van der Waals surface area (Å²) in [6, 6.07) is 8.81. The van der Waals surface area contributed by atoms with Crippen LogP contribution >= 0.6 is 0 Å². The fraction of sp³-hybridized carbons (Fsp3) is 0.562. The lowest BCUT2D eigenvalue weighted by atomic mass is 10.0. The number of rotatable bonds is 4. The number of anilines is 1. The first-order valence-corrected chi connectivity index (χ1v) is 7.42. The number of hydrogen-bond donors (Lipinski definition) is 1. The first-order valence-electron chi connectivity index (χ1n) is 7.42. The average Bonchev–Trinajstić information content (AvgIpc) is 2.66. The van der Waals surface area contributed by atoms with E-state index in [2.05, 4.69) is 34.5 Å². The van der Waals surface area contributed by atoms with Gasteiger partial charge in [-0.1, -0.05) is 18.2 Å². The van der Waals surface area contributed by atoms with Gasteiger partial charge in [-0.25, -0.2) is 0 Å². The molecule has 1 aromatic carbocycles. The standard InChI is InChI=1S/C16H25N3O/c1-4-18(3)16(20)12-19-11-7-9-14(17-2)13-8-5-6-10-15(13)19/h5-6,8,10,14,17H,4,7,9,11-12H2,1-3H3.